The first-order valence-electron chi connectivity index (χ1n) is 9.28. The predicted molar refractivity (Wildman–Crippen MR) is 115 cm³/mol. The summed E-state index contributed by atoms with van der Waals surface area (Å²) in [6.07, 6.45) is 0.586. The minimum Gasteiger partial charge on any atom is -0.382 e. The third-order valence-corrected chi connectivity index (χ3v) is 6.57. The maximum atomic E-state index is 14.3. The highest BCUT2D eigenvalue weighted by Gasteiger charge is 2.28. The van der Waals surface area contributed by atoms with Gasteiger partial charge in [0.2, 0.25) is 15.9 Å². The van der Waals surface area contributed by atoms with Crippen molar-refractivity contribution in [2.24, 2.45) is 0 Å². The van der Waals surface area contributed by atoms with E-state index in [0.29, 0.717) is 31.2 Å². The van der Waals surface area contributed by atoms with Crippen LogP contribution in [0.4, 0.5) is 4.39 Å². The summed E-state index contributed by atoms with van der Waals surface area (Å²) in [5.74, 6) is -1.17. The van der Waals surface area contributed by atoms with Gasteiger partial charge < -0.3 is 10.1 Å². The molecule has 2 rings (SSSR count). The van der Waals surface area contributed by atoms with E-state index in [9.17, 15) is 17.6 Å². The molecule has 0 fully saturated rings. The van der Waals surface area contributed by atoms with E-state index in [1.165, 1.54) is 42.5 Å². The van der Waals surface area contributed by atoms with Crippen LogP contribution in [0.5, 0.6) is 0 Å². The van der Waals surface area contributed by atoms with Gasteiger partial charge >= 0.3 is 0 Å². The maximum Gasteiger partial charge on any atom is 0.243 e. The molecule has 2 aromatic rings. The van der Waals surface area contributed by atoms with E-state index in [1.807, 2.05) is 6.92 Å². The molecular formula is C20H23Cl2FN2O4S. The lowest BCUT2D eigenvalue weighted by Crippen LogP contribution is -2.41. The molecule has 0 radical (unpaired) electrons. The number of rotatable bonds is 11. The van der Waals surface area contributed by atoms with Crippen molar-refractivity contribution in [2.45, 2.75) is 24.8 Å². The molecule has 0 aromatic heterocycles. The van der Waals surface area contributed by atoms with E-state index in [2.05, 4.69) is 5.32 Å². The molecule has 0 aliphatic heterocycles. The fraction of sp³-hybridized carbons (Fsp3) is 0.350. The van der Waals surface area contributed by atoms with Crippen molar-refractivity contribution in [2.75, 3.05) is 26.3 Å². The highest BCUT2D eigenvalue weighted by molar-refractivity contribution is 7.89. The van der Waals surface area contributed by atoms with Crippen LogP contribution in [-0.4, -0.2) is 44.9 Å². The number of benzene rings is 2. The molecular weight excluding hydrogens is 454 g/mol. The second-order valence-corrected chi connectivity index (χ2v) is 9.11. The Hall–Kier alpha value is -1.71. The van der Waals surface area contributed by atoms with E-state index < -0.39 is 34.8 Å². The normalized spacial score (nSPS) is 11.6. The molecule has 30 heavy (non-hydrogen) atoms. The molecule has 164 valence electrons. The van der Waals surface area contributed by atoms with Crippen LogP contribution >= 0.6 is 23.2 Å². The van der Waals surface area contributed by atoms with Crippen molar-refractivity contribution < 1.29 is 22.3 Å². The Morgan fingerprint density at radius 3 is 2.50 bits per heavy atom. The average molecular weight is 477 g/mol. The van der Waals surface area contributed by atoms with Crippen LogP contribution in [0.1, 0.15) is 18.9 Å². The number of carbonyl (C=O) groups is 1. The average Bonchev–Trinajstić information content (AvgIpc) is 2.70. The molecule has 2 aromatic carbocycles. The Bertz CT molecular complexity index is 936. The number of hydrogen-bond donors (Lipinski definition) is 1. The highest BCUT2D eigenvalue weighted by atomic mass is 35.5. The molecule has 0 saturated heterocycles. The number of sulfonamides is 1. The summed E-state index contributed by atoms with van der Waals surface area (Å²) in [5, 5.41) is 3.08. The van der Waals surface area contributed by atoms with Gasteiger partial charge in [0.1, 0.15) is 5.82 Å². The molecule has 0 aliphatic carbocycles. The van der Waals surface area contributed by atoms with E-state index in [4.69, 9.17) is 27.9 Å². The van der Waals surface area contributed by atoms with Crippen LogP contribution in [0.15, 0.2) is 47.4 Å². The second kappa shape index (κ2) is 11.6. The van der Waals surface area contributed by atoms with Crippen LogP contribution in [0.2, 0.25) is 10.0 Å². The van der Waals surface area contributed by atoms with Crippen molar-refractivity contribution in [3.05, 3.63) is 63.9 Å². The van der Waals surface area contributed by atoms with Gasteiger partial charge in [0.05, 0.1) is 11.4 Å². The monoisotopic (exact) mass is 476 g/mol. The number of amides is 1. The molecule has 0 heterocycles. The summed E-state index contributed by atoms with van der Waals surface area (Å²) in [6.45, 7) is 2.35. The van der Waals surface area contributed by atoms with Gasteiger partial charge in [-0.15, -0.1) is 0 Å². The molecule has 0 spiro atoms. The minimum absolute atomic E-state index is 0.0131. The molecule has 1 N–H and O–H groups in total. The Morgan fingerprint density at radius 1 is 1.17 bits per heavy atom. The van der Waals surface area contributed by atoms with Gasteiger partial charge in [-0.05, 0) is 49.7 Å². The molecule has 0 aliphatic rings. The van der Waals surface area contributed by atoms with Gasteiger partial charge in [0.25, 0.3) is 0 Å². The fourth-order valence-corrected chi connectivity index (χ4v) is 4.32. The molecule has 0 atom stereocenters. The van der Waals surface area contributed by atoms with Crippen molar-refractivity contribution >= 4 is 39.1 Å². The van der Waals surface area contributed by atoms with Gasteiger partial charge in [0.15, 0.2) is 0 Å². The van der Waals surface area contributed by atoms with Gasteiger partial charge in [-0.25, -0.2) is 12.8 Å². The lowest BCUT2D eigenvalue weighted by atomic mass is 10.2. The van der Waals surface area contributed by atoms with E-state index in [0.717, 1.165) is 4.31 Å². The second-order valence-electron chi connectivity index (χ2n) is 6.33. The number of hydrogen-bond acceptors (Lipinski definition) is 4. The zero-order valence-electron chi connectivity index (χ0n) is 16.4. The lowest BCUT2D eigenvalue weighted by molar-refractivity contribution is -0.121. The fourth-order valence-electron chi connectivity index (χ4n) is 2.60. The van der Waals surface area contributed by atoms with Crippen molar-refractivity contribution in [3.63, 3.8) is 0 Å². The summed E-state index contributed by atoms with van der Waals surface area (Å²) < 4.78 is 46.6. The Labute approximate surface area is 186 Å². The number of carbonyl (C=O) groups excluding carboxylic acids is 1. The zero-order valence-corrected chi connectivity index (χ0v) is 18.7. The van der Waals surface area contributed by atoms with Crippen molar-refractivity contribution in [1.82, 2.24) is 9.62 Å². The first-order chi connectivity index (χ1) is 14.3. The van der Waals surface area contributed by atoms with Crippen LogP contribution in [0.25, 0.3) is 0 Å². The molecule has 0 saturated carbocycles. The standard InChI is InChI=1S/C20H23Cl2FN2O4S/c1-2-29-12-4-11-24-20(26)14-25(13-17-18(22)5-3-6-19(17)23)30(27,28)16-9-7-15(21)8-10-16/h3,5-10H,2,4,11-14H2,1H3,(H,24,26). The van der Waals surface area contributed by atoms with Gasteiger partial charge in [-0.1, -0.05) is 29.3 Å². The Kier molecular flexibility index (Phi) is 9.51. The summed E-state index contributed by atoms with van der Waals surface area (Å²) in [4.78, 5) is 12.3. The molecule has 1 amide bonds. The third kappa shape index (κ3) is 6.92. The van der Waals surface area contributed by atoms with Crippen molar-refractivity contribution in [3.8, 4) is 0 Å². The number of nitrogens with zero attached hydrogens (tertiary/aromatic N) is 1. The molecule has 10 heteroatoms. The molecule has 0 bridgehead atoms. The number of halogens is 3. The lowest BCUT2D eigenvalue weighted by Gasteiger charge is -2.23. The van der Waals surface area contributed by atoms with E-state index in [-0.39, 0.29) is 15.5 Å². The Morgan fingerprint density at radius 2 is 1.87 bits per heavy atom. The third-order valence-electron chi connectivity index (χ3n) is 4.16. The molecule has 0 unspecified atom stereocenters. The number of ether oxygens (including phenoxy) is 1. The van der Waals surface area contributed by atoms with Crippen LogP contribution < -0.4 is 5.32 Å². The first kappa shape index (κ1) is 24.6. The predicted octanol–water partition coefficient (Wildman–Crippen LogP) is 3.87. The Balaban J connectivity index is 2.24. The van der Waals surface area contributed by atoms with Crippen LogP contribution in [-0.2, 0) is 26.1 Å². The number of nitrogens with one attached hydrogen (secondary N) is 1. The highest BCUT2D eigenvalue weighted by Crippen LogP contribution is 2.25. The van der Waals surface area contributed by atoms with Crippen molar-refractivity contribution in [1.29, 1.82) is 0 Å². The first-order valence-corrected chi connectivity index (χ1v) is 11.5. The van der Waals surface area contributed by atoms with Gasteiger partial charge in [0, 0.05) is 41.9 Å². The summed E-state index contributed by atoms with van der Waals surface area (Å²) in [5.41, 5.74) is -0.0131. The molecule has 6 nitrogen and oxygen atoms in total. The van der Waals surface area contributed by atoms with Gasteiger partial charge in [-0.3, -0.25) is 4.79 Å². The van der Waals surface area contributed by atoms with Gasteiger partial charge in [-0.2, -0.15) is 4.31 Å². The SMILES string of the molecule is CCOCCCNC(=O)CN(Cc1c(F)cccc1Cl)S(=O)(=O)c1ccc(Cl)cc1. The van der Waals surface area contributed by atoms with Crippen LogP contribution in [0, 0.1) is 5.82 Å². The minimum atomic E-state index is -4.12. The quantitative estimate of drug-likeness (QED) is 0.499. The van der Waals surface area contributed by atoms with E-state index >= 15 is 0 Å². The smallest absolute Gasteiger partial charge is 0.243 e. The largest absolute Gasteiger partial charge is 0.382 e. The zero-order chi connectivity index (χ0) is 22.1. The van der Waals surface area contributed by atoms with Crippen LogP contribution in [0.3, 0.4) is 0 Å². The maximum absolute atomic E-state index is 14.3. The van der Waals surface area contributed by atoms with E-state index in [1.54, 1.807) is 0 Å². The summed E-state index contributed by atoms with van der Waals surface area (Å²) >= 11 is 11.9. The topological polar surface area (TPSA) is 75.7 Å². The summed E-state index contributed by atoms with van der Waals surface area (Å²) in [7, 11) is -4.12. The summed E-state index contributed by atoms with van der Waals surface area (Å²) in [6, 6.07) is 9.57.